The lowest BCUT2D eigenvalue weighted by Crippen LogP contribution is -2.36. The minimum atomic E-state index is -0.918. The van der Waals surface area contributed by atoms with Gasteiger partial charge in [0.2, 0.25) is 5.91 Å². The van der Waals surface area contributed by atoms with Crippen LogP contribution in [0.3, 0.4) is 0 Å². The summed E-state index contributed by atoms with van der Waals surface area (Å²) < 4.78 is 13.6. The second-order valence-corrected chi connectivity index (χ2v) is 6.11. The molecule has 0 heterocycles. The minimum absolute atomic E-state index is 0.290. The van der Waals surface area contributed by atoms with Crippen LogP contribution in [-0.2, 0) is 9.59 Å². The van der Waals surface area contributed by atoms with E-state index in [1.165, 1.54) is 18.2 Å². The van der Waals surface area contributed by atoms with Crippen molar-refractivity contribution < 1.29 is 19.1 Å². The van der Waals surface area contributed by atoms with Gasteiger partial charge in [0.15, 0.2) is 0 Å². The van der Waals surface area contributed by atoms with Crippen LogP contribution in [0.4, 0.5) is 10.1 Å². The molecule has 6 heteroatoms. The third kappa shape index (κ3) is 3.47. The van der Waals surface area contributed by atoms with E-state index in [2.05, 4.69) is 5.32 Å². The topological polar surface area (TPSA) is 66.4 Å². The molecule has 4 nitrogen and oxygen atoms in total. The van der Waals surface area contributed by atoms with Gasteiger partial charge in [-0.1, -0.05) is 12.8 Å². The average molecular weight is 391 g/mol. The van der Waals surface area contributed by atoms with E-state index in [0.29, 0.717) is 22.1 Å². The van der Waals surface area contributed by atoms with Gasteiger partial charge in [-0.25, -0.2) is 4.39 Å². The van der Waals surface area contributed by atoms with Crippen LogP contribution in [0.5, 0.6) is 0 Å². The van der Waals surface area contributed by atoms with Crippen LogP contribution in [0, 0.1) is 21.2 Å². The highest BCUT2D eigenvalue weighted by Gasteiger charge is 2.35. The van der Waals surface area contributed by atoms with Gasteiger partial charge in [-0.2, -0.15) is 0 Å². The largest absolute Gasteiger partial charge is 0.481 e. The van der Waals surface area contributed by atoms with E-state index in [1.54, 1.807) is 0 Å². The first kappa shape index (κ1) is 15.2. The molecule has 0 aliphatic heterocycles. The van der Waals surface area contributed by atoms with E-state index in [1.807, 2.05) is 22.6 Å². The summed E-state index contributed by atoms with van der Waals surface area (Å²) in [4.78, 5) is 23.5. The van der Waals surface area contributed by atoms with E-state index < -0.39 is 17.8 Å². The quantitative estimate of drug-likeness (QED) is 0.778. The summed E-state index contributed by atoms with van der Waals surface area (Å²) >= 11 is 1.94. The maximum atomic E-state index is 13.0. The highest BCUT2D eigenvalue weighted by Crippen LogP contribution is 2.31. The Bertz CT molecular complexity index is 535. The van der Waals surface area contributed by atoms with Crippen LogP contribution in [0.15, 0.2) is 18.2 Å². The Morgan fingerprint density at radius 3 is 2.50 bits per heavy atom. The number of hydrogen-bond donors (Lipinski definition) is 2. The van der Waals surface area contributed by atoms with Crippen molar-refractivity contribution in [3.63, 3.8) is 0 Å². The SMILES string of the molecule is O=C(O)C1CCCCC1C(=O)Nc1ccc(F)cc1I. The normalized spacial score (nSPS) is 22.3. The van der Waals surface area contributed by atoms with Crippen molar-refractivity contribution in [1.29, 1.82) is 0 Å². The zero-order valence-corrected chi connectivity index (χ0v) is 12.9. The highest BCUT2D eigenvalue weighted by atomic mass is 127. The van der Waals surface area contributed by atoms with Crippen molar-refractivity contribution in [1.82, 2.24) is 0 Å². The standard InChI is InChI=1S/C14H15FINO3/c15-8-5-6-12(11(16)7-8)17-13(18)9-3-1-2-4-10(9)14(19)20/h5-7,9-10H,1-4H2,(H,17,18)(H,19,20). The molecule has 2 unspecified atom stereocenters. The van der Waals surface area contributed by atoms with Crippen LogP contribution in [0.2, 0.25) is 0 Å². The number of carbonyl (C=O) groups is 2. The lowest BCUT2D eigenvalue weighted by Gasteiger charge is -2.27. The third-order valence-corrected chi connectivity index (χ3v) is 4.50. The number of anilines is 1. The predicted molar refractivity (Wildman–Crippen MR) is 80.8 cm³/mol. The van der Waals surface area contributed by atoms with Crippen molar-refractivity contribution >= 4 is 40.2 Å². The van der Waals surface area contributed by atoms with Crippen LogP contribution in [-0.4, -0.2) is 17.0 Å². The van der Waals surface area contributed by atoms with E-state index in [4.69, 9.17) is 0 Å². The molecule has 0 spiro atoms. The molecule has 1 amide bonds. The van der Waals surface area contributed by atoms with Crippen molar-refractivity contribution in [2.45, 2.75) is 25.7 Å². The third-order valence-electron chi connectivity index (χ3n) is 3.61. The van der Waals surface area contributed by atoms with E-state index in [0.717, 1.165) is 12.8 Å². The second kappa shape index (κ2) is 6.51. The van der Waals surface area contributed by atoms with Crippen molar-refractivity contribution in [2.24, 2.45) is 11.8 Å². The minimum Gasteiger partial charge on any atom is -0.481 e. The Balaban J connectivity index is 2.12. The molecule has 2 rings (SSSR count). The first-order chi connectivity index (χ1) is 9.49. The molecule has 0 aromatic heterocycles. The molecule has 1 aromatic rings. The van der Waals surface area contributed by atoms with E-state index in [9.17, 15) is 19.1 Å². The molecule has 1 aliphatic rings. The second-order valence-electron chi connectivity index (χ2n) is 4.95. The Hall–Kier alpha value is -1.18. The molecule has 0 saturated heterocycles. The van der Waals surface area contributed by atoms with Gasteiger partial charge in [0, 0.05) is 3.57 Å². The monoisotopic (exact) mass is 391 g/mol. The molecule has 2 atom stereocenters. The van der Waals surface area contributed by atoms with Gasteiger partial charge in [0.1, 0.15) is 5.82 Å². The molecule has 20 heavy (non-hydrogen) atoms. The number of rotatable bonds is 3. The number of nitrogens with one attached hydrogen (secondary N) is 1. The van der Waals surface area contributed by atoms with Crippen molar-refractivity contribution in [2.75, 3.05) is 5.32 Å². The summed E-state index contributed by atoms with van der Waals surface area (Å²) in [6, 6.07) is 4.09. The fourth-order valence-electron chi connectivity index (χ4n) is 2.56. The van der Waals surface area contributed by atoms with Gasteiger partial charge in [-0.3, -0.25) is 9.59 Å². The summed E-state index contributed by atoms with van der Waals surface area (Å²) in [6.45, 7) is 0. The maximum absolute atomic E-state index is 13.0. The number of benzene rings is 1. The first-order valence-corrected chi connectivity index (χ1v) is 7.55. The number of hydrogen-bond acceptors (Lipinski definition) is 2. The number of carboxylic acid groups (broad SMARTS) is 1. The highest BCUT2D eigenvalue weighted by molar-refractivity contribution is 14.1. The Labute approximate surface area is 129 Å². The molecule has 1 aromatic carbocycles. The lowest BCUT2D eigenvalue weighted by molar-refractivity contribution is -0.147. The molecular weight excluding hydrogens is 376 g/mol. The van der Waals surface area contributed by atoms with E-state index >= 15 is 0 Å². The fourth-order valence-corrected chi connectivity index (χ4v) is 3.17. The van der Waals surface area contributed by atoms with Crippen LogP contribution in [0.25, 0.3) is 0 Å². The van der Waals surface area contributed by atoms with Gasteiger partial charge < -0.3 is 10.4 Å². The summed E-state index contributed by atoms with van der Waals surface area (Å²) in [5.41, 5.74) is 0.520. The summed E-state index contributed by atoms with van der Waals surface area (Å²) in [5, 5.41) is 11.9. The molecule has 1 aliphatic carbocycles. The van der Waals surface area contributed by atoms with Gasteiger partial charge in [0.05, 0.1) is 17.5 Å². The fraction of sp³-hybridized carbons (Fsp3) is 0.429. The molecule has 1 fully saturated rings. The van der Waals surface area contributed by atoms with E-state index in [-0.39, 0.29) is 11.7 Å². The molecule has 2 N–H and O–H groups in total. The number of amides is 1. The number of aliphatic carboxylic acids is 1. The van der Waals surface area contributed by atoms with Gasteiger partial charge >= 0.3 is 5.97 Å². The smallest absolute Gasteiger partial charge is 0.307 e. The molecule has 108 valence electrons. The Morgan fingerprint density at radius 1 is 1.25 bits per heavy atom. The zero-order chi connectivity index (χ0) is 14.7. The summed E-state index contributed by atoms with van der Waals surface area (Å²) in [5.74, 6) is -2.71. The lowest BCUT2D eigenvalue weighted by atomic mass is 9.78. The number of carboxylic acids is 1. The summed E-state index contributed by atoms with van der Waals surface area (Å²) in [6.07, 6.45) is 2.83. The molecule has 0 radical (unpaired) electrons. The van der Waals surface area contributed by atoms with Crippen LogP contribution in [0.1, 0.15) is 25.7 Å². The number of halogens is 2. The summed E-state index contributed by atoms with van der Waals surface area (Å²) in [7, 11) is 0. The molecular formula is C14H15FINO3. The van der Waals surface area contributed by atoms with Crippen LogP contribution >= 0.6 is 22.6 Å². The van der Waals surface area contributed by atoms with Crippen molar-refractivity contribution in [3.05, 3.63) is 27.6 Å². The Morgan fingerprint density at radius 2 is 1.90 bits per heavy atom. The average Bonchev–Trinajstić information content (AvgIpc) is 2.41. The molecule has 0 bridgehead atoms. The predicted octanol–water partition coefficient (Wildman–Crippen LogP) is 3.26. The Kier molecular flexibility index (Phi) is 4.95. The zero-order valence-electron chi connectivity index (χ0n) is 10.7. The number of carbonyl (C=O) groups excluding carboxylic acids is 1. The maximum Gasteiger partial charge on any atom is 0.307 e. The van der Waals surface area contributed by atoms with Crippen LogP contribution < -0.4 is 5.32 Å². The first-order valence-electron chi connectivity index (χ1n) is 6.48. The van der Waals surface area contributed by atoms with Gasteiger partial charge in [-0.15, -0.1) is 0 Å². The van der Waals surface area contributed by atoms with Crippen molar-refractivity contribution in [3.8, 4) is 0 Å². The van der Waals surface area contributed by atoms with Gasteiger partial charge in [0.25, 0.3) is 0 Å². The molecule has 1 saturated carbocycles. The van der Waals surface area contributed by atoms with Gasteiger partial charge in [-0.05, 0) is 53.6 Å².